The van der Waals surface area contributed by atoms with Gasteiger partial charge in [-0.25, -0.2) is 13.2 Å². The Morgan fingerprint density at radius 1 is 0.939 bits per heavy atom. The molecule has 0 bridgehead atoms. The Morgan fingerprint density at radius 3 is 2.24 bits per heavy atom. The number of amides is 1. The molecule has 7 nitrogen and oxygen atoms in total. The topological polar surface area (TPSA) is 84.0 Å². The van der Waals surface area contributed by atoms with Crippen LogP contribution in [0.15, 0.2) is 59.5 Å². The average molecular weight is 471 g/mol. The number of benzene rings is 2. The molecule has 4 rings (SSSR count). The number of nitrogens with zero attached hydrogens (tertiary/aromatic N) is 2. The number of carbonyl (C=O) groups is 2. The van der Waals surface area contributed by atoms with Gasteiger partial charge < -0.3 is 9.64 Å². The number of hydrogen-bond donors (Lipinski definition) is 0. The van der Waals surface area contributed by atoms with Crippen LogP contribution in [0.3, 0.4) is 0 Å². The molecule has 33 heavy (non-hydrogen) atoms. The molecular formula is C25H30N2O5S. The standard InChI is InChI=1S/C25H30N2O5S/c1-2-32-25(29)21-10-12-22(13-11-21)33(30,31)26-17-14-20(15-18-26)24(28)27-16-6-9-23(27)19-7-4-3-5-8-19/h3-5,7-8,10-13,20,23H,2,6,9,14-18H2,1H3/t23-/m0/s1. The zero-order chi connectivity index (χ0) is 23.4. The largest absolute Gasteiger partial charge is 0.462 e. The van der Waals surface area contributed by atoms with Gasteiger partial charge in [0.2, 0.25) is 15.9 Å². The van der Waals surface area contributed by atoms with E-state index >= 15 is 0 Å². The molecule has 2 saturated heterocycles. The van der Waals surface area contributed by atoms with Crippen LogP contribution >= 0.6 is 0 Å². The van der Waals surface area contributed by atoms with E-state index in [1.165, 1.54) is 28.6 Å². The molecule has 0 aromatic heterocycles. The summed E-state index contributed by atoms with van der Waals surface area (Å²) < 4.78 is 32.5. The van der Waals surface area contributed by atoms with Gasteiger partial charge in [0.1, 0.15) is 0 Å². The number of ether oxygens (including phenoxy) is 1. The second kappa shape index (κ2) is 10.1. The second-order valence-corrected chi connectivity index (χ2v) is 10.5. The Balaban J connectivity index is 1.39. The van der Waals surface area contributed by atoms with Crippen LogP contribution in [-0.4, -0.2) is 55.7 Å². The summed E-state index contributed by atoms with van der Waals surface area (Å²) in [7, 11) is -3.68. The molecule has 0 unspecified atom stereocenters. The lowest BCUT2D eigenvalue weighted by Gasteiger charge is -2.34. The molecular weight excluding hydrogens is 440 g/mol. The summed E-state index contributed by atoms with van der Waals surface area (Å²) in [6.45, 7) is 3.35. The molecule has 0 spiro atoms. The van der Waals surface area contributed by atoms with Crippen molar-refractivity contribution < 1.29 is 22.7 Å². The first-order valence-electron chi connectivity index (χ1n) is 11.5. The fourth-order valence-electron chi connectivity index (χ4n) is 4.76. The summed E-state index contributed by atoms with van der Waals surface area (Å²) in [6.07, 6.45) is 2.97. The molecule has 2 aromatic rings. The number of esters is 1. The highest BCUT2D eigenvalue weighted by atomic mass is 32.2. The Hall–Kier alpha value is -2.71. The maximum Gasteiger partial charge on any atom is 0.338 e. The van der Waals surface area contributed by atoms with Crippen molar-refractivity contribution in [1.82, 2.24) is 9.21 Å². The molecule has 0 aliphatic carbocycles. The lowest BCUT2D eigenvalue weighted by Crippen LogP contribution is -2.44. The van der Waals surface area contributed by atoms with Crippen molar-refractivity contribution in [3.63, 3.8) is 0 Å². The van der Waals surface area contributed by atoms with E-state index in [-0.39, 0.29) is 29.4 Å². The van der Waals surface area contributed by atoms with Crippen LogP contribution in [0.4, 0.5) is 0 Å². The van der Waals surface area contributed by atoms with E-state index in [1.807, 2.05) is 23.1 Å². The highest BCUT2D eigenvalue weighted by molar-refractivity contribution is 7.89. The first-order valence-corrected chi connectivity index (χ1v) is 13.0. The van der Waals surface area contributed by atoms with E-state index < -0.39 is 16.0 Å². The number of likely N-dealkylation sites (tertiary alicyclic amines) is 1. The fourth-order valence-corrected chi connectivity index (χ4v) is 6.23. The molecule has 176 valence electrons. The van der Waals surface area contributed by atoms with Crippen molar-refractivity contribution in [2.75, 3.05) is 26.2 Å². The molecule has 1 atom stereocenters. The molecule has 0 N–H and O–H groups in total. The average Bonchev–Trinajstić information content (AvgIpc) is 3.34. The Labute approximate surface area is 195 Å². The Kier molecular flexibility index (Phi) is 7.14. The van der Waals surface area contributed by atoms with E-state index in [4.69, 9.17) is 4.74 Å². The predicted molar refractivity (Wildman–Crippen MR) is 124 cm³/mol. The van der Waals surface area contributed by atoms with Crippen LogP contribution in [0.25, 0.3) is 0 Å². The molecule has 2 aliphatic heterocycles. The van der Waals surface area contributed by atoms with Crippen LogP contribution < -0.4 is 0 Å². The maximum absolute atomic E-state index is 13.3. The quantitative estimate of drug-likeness (QED) is 0.602. The zero-order valence-corrected chi connectivity index (χ0v) is 19.7. The van der Waals surface area contributed by atoms with Crippen molar-refractivity contribution in [1.29, 1.82) is 0 Å². The minimum Gasteiger partial charge on any atom is -0.462 e. The van der Waals surface area contributed by atoms with Gasteiger partial charge in [-0.05, 0) is 62.4 Å². The molecule has 0 radical (unpaired) electrons. The van der Waals surface area contributed by atoms with Crippen molar-refractivity contribution in [2.45, 2.75) is 43.5 Å². The van der Waals surface area contributed by atoms with Gasteiger partial charge in [0.05, 0.1) is 23.1 Å². The lowest BCUT2D eigenvalue weighted by atomic mass is 9.95. The molecule has 2 heterocycles. The SMILES string of the molecule is CCOC(=O)c1ccc(S(=O)(=O)N2CCC(C(=O)N3CCC[C@H]3c3ccccc3)CC2)cc1. The first kappa shape index (κ1) is 23.4. The minimum atomic E-state index is -3.68. The van der Waals surface area contributed by atoms with E-state index in [2.05, 4.69) is 12.1 Å². The van der Waals surface area contributed by atoms with Crippen molar-refractivity contribution >= 4 is 21.9 Å². The lowest BCUT2D eigenvalue weighted by molar-refractivity contribution is -0.137. The van der Waals surface area contributed by atoms with Crippen LogP contribution in [0.1, 0.15) is 54.6 Å². The molecule has 0 saturated carbocycles. The third-order valence-corrected chi connectivity index (χ3v) is 8.44. The molecule has 2 aromatic carbocycles. The van der Waals surface area contributed by atoms with Crippen LogP contribution in [-0.2, 0) is 19.6 Å². The van der Waals surface area contributed by atoms with Gasteiger partial charge in [-0.2, -0.15) is 4.31 Å². The second-order valence-electron chi connectivity index (χ2n) is 8.52. The summed E-state index contributed by atoms with van der Waals surface area (Å²) in [5.74, 6) is -0.499. The third kappa shape index (κ3) is 4.96. The summed E-state index contributed by atoms with van der Waals surface area (Å²) in [5.41, 5.74) is 1.48. The number of hydrogen-bond acceptors (Lipinski definition) is 5. The van der Waals surface area contributed by atoms with E-state index in [9.17, 15) is 18.0 Å². The number of piperidine rings is 1. The Morgan fingerprint density at radius 2 is 1.61 bits per heavy atom. The van der Waals surface area contributed by atoms with Crippen molar-refractivity contribution in [2.24, 2.45) is 5.92 Å². The highest BCUT2D eigenvalue weighted by Crippen LogP contribution is 2.35. The van der Waals surface area contributed by atoms with Gasteiger partial charge in [0.25, 0.3) is 0 Å². The van der Waals surface area contributed by atoms with E-state index in [0.29, 0.717) is 31.5 Å². The molecule has 1 amide bonds. The summed E-state index contributed by atoms with van der Waals surface area (Å²) in [5, 5.41) is 0. The van der Waals surface area contributed by atoms with Gasteiger partial charge in [-0.15, -0.1) is 0 Å². The monoisotopic (exact) mass is 470 g/mol. The first-order chi connectivity index (χ1) is 15.9. The molecule has 2 fully saturated rings. The van der Waals surface area contributed by atoms with Gasteiger partial charge in [0, 0.05) is 25.6 Å². The van der Waals surface area contributed by atoms with Crippen LogP contribution in [0, 0.1) is 5.92 Å². The summed E-state index contributed by atoms with van der Waals surface area (Å²) in [4.78, 5) is 27.2. The van der Waals surface area contributed by atoms with Gasteiger partial charge in [-0.1, -0.05) is 30.3 Å². The van der Waals surface area contributed by atoms with Crippen molar-refractivity contribution in [3.8, 4) is 0 Å². The maximum atomic E-state index is 13.3. The molecule has 8 heteroatoms. The number of rotatable bonds is 6. The highest BCUT2D eigenvalue weighted by Gasteiger charge is 2.37. The number of carbonyl (C=O) groups excluding carboxylic acids is 2. The van der Waals surface area contributed by atoms with Crippen LogP contribution in [0.5, 0.6) is 0 Å². The van der Waals surface area contributed by atoms with Gasteiger partial charge in [-0.3, -0.25) is 4.79 Å². The normalized spacial score (nSPS) is 20.0. The third-order valence-electron chi connectivity index (χ3n) is 6.53. The van der Waals surface area contributed by atoms with E-state index in [0.717, 1.165) is 24.9 Å². The Bertz CT molecular complexity index is 1080. The zero-order valence-electron chi connectivity index (χ0n) is 18.9. The predicted octanol–water partition coefficient (Wildman–Crippen LogP) is 3.63. The smallest absolute Gasteiger partial charge is 0.338 e. The van der Waals surface area contributed by atoms with Crippen molar-refractivity contribution in [3.05, 3.63) is 65.7 Å². The fraction of sp³-hybridized carbons (Fsp3) is 0.440. The van der Waals surface area contributed by atoms with Gasteiger partial charge >= 0.3 is 5.97 Å². The minimum absolute atomic E-state index is 0.110. The summed E-state index contributed by atoms with van der Waals surface area (Å²) in [6, 6.07) is 16.0. The van der Waals surface area contributed by atoms with E-state index in [1.54, 1.807) is 6.92 Å². The van der Waals surface area contributed by atoms with Gasteiger partial charge in [0.15, 0.2) is 0 Å². The van der Waals surface area contributed by atoms with Crippen LogP contribution in [0.2, 0.25) is 0 Å². The molecule has 2 aliphatic rings. The summed E-state index contributed by atoms with van der Waals surface area (Å²) >= 11 is 0. The number of sulfonamides is 1.